The third-order valence-electron chi connectivity index (χ3n) is 2.60. The number of anilines is 1. The van der Waals surface area contributed by atoms with Crippen molar-refractivity contribution in [2.24, 2.45) is 0 Å². The van der Waals surface area contributed by atoms with Crippen molar-refractivity contribution in [3.05, 3.63) is 48.0 Å². The van der Waals surface area contributed by atoms with Gasteiger partial charge in [-0.05, 0) is 38.1 Å². The Morgan fingerprint density at radius 1 is 1.32 bits per heavy atom. The molecule has 0 spiro atoms. The lowest BCUT2D eigenvalue weighted by Gasteiger charge is -2.09. The minimum Gasteiger partial charge on any atom is -0.379 e. The van der Waals surface area contributed by atoms with Crippen LogP contribution >= 0.6 is 0 Å². The average molecular weight is 258 g/mol. The van der Waals surface area contributed by atoms with E-state index in [2.05, 4.69) is 20.6 Å². The largest absolute Gasteiger partial charge is 0.379 e. The van der Waals surface area contributed by atoms with Gasteiger partial charge in [-0.2, -0.15) is 0 Å². The molecule has 0 fully saturated rings. The molecule has 0 unspecified atom stereocenters. The fourth-order valence-electron chi connectivity index (χ4n) is 1.66. The van der Waals surface area contributed by atoms with Crippen molar-refractivity contribution in [2.45, 2.75) is 26.4 Å². The molecule has 19 heavy (non-hydrogen) atoms. The monoisotopic (exact) mass is 258 g/mol. The second-order valence-corrected chi connectivity index (χ2v) is 4.64. The van der Waals surface area contributed by atoms with Crippen molar-refractivity contribution in [3.8, 4) is 0 Å². The van der Waals surface area contributed by atoms with Gasteiger partial charge in [0.2, 0.25) is 0 Å². The number of imidazole rings is 1. The molecule has 0 saturated heterocycles. The van der Waals surface area contributed by atoms with Gasteiger partial charge < -0.3 is 15.6 Å². The number of aromatic nitrogens is 2. The summed E-state index contributed by atoms with van der Waals surface area (Å²) >= 11 is 0. The van der Waals surface area contributed by atoms with Gasteiger partial charge in [0.05, 0.1) is 18.6 Å². The zero-order valence-corrected chi connectivity index (χ0v) is 11.1. The zero-order chi connectivity index (χ0) is 13.7. The third kappa shape index (κ3) is 3.84. The van der Waals surface area contributed by atoms with Gasteiger partial charge in [0, 0.05) is 23.5 Å². The number of benzene rings is 1. The van der Waals surface area contributed by atoms with Crippen LogP contribution in [-0.2, 0) is 6.54 Å². The summed E-state index contributed by atoms with van der Waals surface area (Å²) < 4.78 is 0. The smallest absolute Gasteiger partial charge is 0.251 e. The number of nitrogens with zero attached hydrogens (tertiary/aromatic N) is 1. The molecular formula is C14H18N4O. The lowest BCUT2D eigenvalue weighted by atomic mass is 10.2. The van der Waals surface area contributed by atoms with Gasteiger partial charge >= 0.3 is 0 Å². The minimum atomic E-state index is -0.0462. The standard InChI is InChI=1S/C14H18N4O/c1-10(2)18-14(19)11-3-5-12(6-4-11)16-8-13-7-15-9-17-13/h3-7,9-10,16H,8H2,1-2H3,(H,15,17)(H,18,19). The highest BCUT2D eigenvalue weighted by Crippen LogP contribution is 2.10. The van der Waals surface area contributed by atoms with Crippen LogP contribution in [0.3, 0.4) is 0 Å². The zero-order valence-electron chi connectivity index (χ0n) is 11.1. The Morgan fingerprint density at radius 2 is 2.05 bits per heavy atom. The quantitative estimate of drug-likeness (QED) is 0.769. The van der Waals surface area contributed by atoms with Gasteiger partial charge in [-0.1, -0.05) is 0 Å². The van der Waals surface area contributed by atoms with Crippen molar-refractivity contribution in [1.29, 1.82) is 0 Å². The van der Waals surface area contributed by atoms with Crippen LogP contribution in [0.2, 0.25) is 0 Å². The maximum absolute atomic E-state index is 11.8. The van der Waals surface area contributed by atoms with Crippen molar-refractivity contribution in [1.82, 2.24) is 15.3 Å². The van der Waals surface area contributed by atoms with Gasteiger partial charge in [-0.15, -0.1) is 0 Å². The predicted octanol–water partition coefficient (Wildman–Crippen LogP) is 2.16. The molecule has 0 radical (unpaired) electrons. The number of carbonyl (C=O) groups excluding carboxylic acids is 1. The number of H-pyrrole nitrogens is 1. The highest BCUT2D eigenvalue weighted by molar-refractivity contribution is 5.94. The summed E-state index contributed by atoms with van der Waals surface area (Å²) in [5.74, 6) is -0.0462. The Labute approximate surface area is 112 Å². The van der Waals surface area contributed by atoms with Crippen molar-refractivity contribution < 1.29 is 4.79 Å². The van der Waals surface area contributed by atoms with Crippen LogP contribution in [0.5, 0.6) is 0 Å². The topological polar surface area (TPSA) is 69.8 Å². The molecule has 0 saturated carbocycles. The Bertz CT molecular complexity index is 517. The van der Waals surface area contributed by atoms with Crippen molar-refractivity contribution >= 4 is 11.6 Å². The molecule has 1 aromatic heterocycles. The number of hydrogen-bond acceptors (Lipinski definition) is 3. The molecule has 0 atom stereocenters. The second-order valence-electron chi connectivity index (χ2n) is 4.64. The molecule has 5 nitrogen and oxygen atoms in total. The number of rotatable bonds is 5. The van der Waals surface area contributed by atoms with Crippen LogP contribution in [0.1, 0.15) is 29.9 Å². The SMILES string of the molecule is CC(C)NC(=O)c1ccc(NCc2cnc[nH]2)cc1. The molecule has 5 heteroatoms. The number of amides is 1. The second kappa shape index (κ2) is 6.04. The first-order chi connectivity index (χ1) is 9.15. The molecule has 2 aromatic rings. The first kappa shape index (κ1) is 13.1. The van der Waals surface area contributed by atoms with E-state index in [4.69, 9.17) is 0 Å². The molecule has 1 amide bonds. The van der Waals surface area contributed by atoms with E-state index in [9.17, 15) is 4.79 Å². The first-order valence-corrected chi connectivity index (χ1v) is 6.27. The van der Waals surface area contributed by atoms with Crippen LogP contribution in [0, 0.1) is 0 Å². The number of aromatic amines is 1. The van der Waals surface area contributed by atoms with Gasteiger partial charge in [0.15, 0.2) is 0 Å². The molecular weight excluding hydrogens is 240 g/mol. The molecule has 100 valence electrons. The Balaban J connectivity index is 1.92. The molecule has 0 bridgehead atoms. The van der Waals surface area contributed by atoms with Gasteiger partial charge in [0.25, 0.3) is 5.91 Å². The highest BCUT2D eigenvalue weighted by atomic mass is 16.1. The number of hydrogen-bond donors (Lipinski definition) is 3. The maximum atomic E-state index is 11.8. The highest BCUT2D eigenvalue weighted by Gasteiger charge is 2.06. The summed E-state index contributed by atoms with van der Waals surface area (Å²) in [6.07, 6.45) is 3.42. The van der Waals surface area contributed by atoms with E-state index >= 15 is 0 Å². The molecule has 0 aliphatic rings. The molecule has 1 heterocycles. The van der Waals surface area contributed by atoms with Crippen molar-refractivity contribution in [3.63, 3.8) is 0 Å². The third-order valence-corrected chi connectivity index (χ3v) is 2.60. The predicted molar refractivity (Wildman–Crippen MR) is 75.0 cm³/mol. The van der Waals surface area contributed by atoms with E-state index in [1.807, 2.05) is 38.1 Å². The van der Waals surface area contributed by atoms with Crippen LogP contribution in [0.15, 0.2) is 36.8 Å². The molecule has 2 rings (SSSR count). The normalized spacial score (nSPS) is 10.5. The minimum absolute atomic E-state index is 0.0462. The van der Waals surface area contributed by atoms with E-state index in [1.165, 1.54) is 0 Å². The number of carbonyl (C=O) groups is 1. The number of nitrogens with one attached hydrogen (secondary N) is 3. The summed E-state index contributed by atoms with van der Waals surface area (Å²) in [5.41, 5.74) is 2.65. The Kier molecular flexibility index (Phi) is 4.18. The summed E-state index contributed by atoms with van der Waals surface area (Å²) in [6.45, 7) is 4.56. The van der Waals surface area contributed by atoms with E-state index in [1.54, 1.807) is 12.5 Å². The Hall–Kier alpha value is -2.30. The first-order valence-electron chi connectivity index (χ1n) is 6.27. The summed E-state index contributed by atoms with van der Waals surface area (Å²) in [6, 6.07) is 7.56. The van der Waals surface area contributed by atoms with Crippen LogP contribution in [0.4, 0.5) is 5.69 Å². The van der Waals surface area contributed by atoms with Crippen LogP contribution in [0.25, 0.3) is 0 Å². The fourth-order valence-corrected chi connectivity index (χ4v) is 1.66. The summed E-state index contributed by atoms with van der Waals surface area (Å²) in [4.78, 5) is 18.7. The average Bonchev–Trinajstić information content (AvgIpc) is 2.89. The Morgan fingerprint density at radius 3 is 2.63 bits per heavy atom. The van der Waals surface area contributed by atoms with Gasteiger partial charge in [0.1, 0.15) is 0 Å². The van der Waals surface area contributed by atoms with Gasteiger partial charge in [-0.25, -0.2) is 4.98 Å². The lowest BCUT2D eigenvalue weighted by Crippen LogP contribution is -2.29. The molecule has 0 aliphatic carbocycles. The molecule has 1 aromatic carbocycles. The summed E-state index contributed by atoms with van der Waals surface area (Å²) in [5, 5.41) is 6.11. The van der Waals surface area contributed by atoms with E-state index < -0.39 is 0 Å². The van der Waals surface area contributed by atoms with Crippen LogP contribution < -0.4 is 10.6 Å². The van der Waals surface area contributed by atoms with Gasteiger partial charge in [-0.3, -0.25) is 4.79 Å². The van der Waals surface area contributed by atoms with E-state index in [-0.39, 0.29) is 11.9 Å². The van der Waals surface area contributed by atoms with E-state index in [0.29, 0.717) is 12.1 Å². The molecule has 0 aliphatic heterocycles. The van der Waals surface area contributed by atoms with E-state index in [0.717, 1.165) is 11.4 Å². The summed E-state index contributed by atoms with van der Waals surface area (Å²) in [7, 11) is 0. The molecule has 3 N–H and O–H groups in total. The van der Waals surface area contributed by atoms with Crippen molar-refractivity contribution in [2.75, 3.05) is 5.32 Å². The maximum Gasteiger partial charge on any atom is 0.251 e. The van der Waals surface area contributed by atoms with Crippen LogP contribution in [-0.4, -0.2) is 21.9 Å². The lowest BCUT2D eigenvalue weighted by molar-refractivity contribution is 0.0943. The fraction of sp³-hybridized carbons (Fsp3) is 0.286.